The minimum absolute atomic E-state index is 0.0465. The number of carbonyl (C=O) groups is 2. The van der Waals surface area contributed by atoms with Crippen LogP contribution in [-0.4, -0.2) is 35.0 Å². The zero-order valence-electron chi connectivity index (χ0n) is 10.7. The lowest BCUT2D eigenvalue weighted by atomic mass is 10.3. The number of carboxylic acid groups (broad SMARTS) is 1. The first-order chi connectivity index (χ1) is 9.49. The van der Waals surface area contributed by atoms with E-state index in [9.17, 15) is 19.7 Å². The number of aliphatic carboxylic acids is 1. The van der Waals surface area contributed by atoms with E-state index in [1.54, 1.807) is 0 Å². The molecule has 8 nitrogen and oxygen atoms in total. The Kier molecular flexibility index (Phi) is 6.11. The van der Waals surface area contributed by atoms with Crippen molar-refractivity contribution in [2.24, 2.45) is 0 Å². The Labute approximate surface area is 114 Å². The quantitative estimate of drug-likeness (QED) is 0.371. The van der Waals surface area contributed by atoms with Gasteiger partial charge in [-0.15, -0.1) is 0 Å². The van der Waals surface area contributed by atoms with Crippen LogP contribution in [0.1, 0.15) is 12.8 Å². The van der Waals surface area contributed by atoms with Gasteiger partial charge in [-0.1, -0.05) is 0 Å². The van der Waals surface area contributed by atoms with E-state index in [0.717, 1.165) is 0 Å². The minimum atomic E-state index is -0.873. The van der Waals surface area contributed by atoms with E-state index < -0.39 is 10.9 Å². The Morgan fingerprint density at radius 1 is 1.25 bits per heavy atom. The summed E-state index contributed by atoms with van der Waals surface area (Å²) < 4.78 is 0. The monoisotopic (exact) mass is 281 g/mol. The minimum Gasteiger partial charge on any atom is -0.481 e. The summed E-state index contributed by atoms with van der Waals surface area (Å²) in [4.78, 5) is 31.7. The summed E-state index contributed by atoms with van der Waals surface area (Å²) in [6.07, 6.45) is 0.497. The van der Waals surface area contributed by atoms with E-state index in [2.05, 4.69) is 10.6 Å². The fraction of sp³-hybridized carbons (Fsp3) is 0.333. The molecule has 1 aromatic carbocycles. The number of carboxylic acids is 1. The molecule has 0 unspecified atom stereocenters. The normalized spacial score (nSPS) is 10.0. The molecule has 0 heterocycles. The first-order valence-corrected chi connectivity index (χ1v) is 5.96. The number of rotatable bonds is 8. The topological polar surface area (TPSA) is 122 Å². The molecule has 0 aliphatic heterocycles. The van der Waals surface area contributed by atoms with Gasteiger partial charge in [0.2, 0.25) is 5.91 Å². The molecule has 8 heteroatoms. The molecule has 0 radical (unpaired) electrons. The van der Waals surface area contributed by atoms with Crippen LogP contribution in [0.2, 0.25) is 0 Å². The number of amides is 1. The average Bonchev–Trinajstić information content (AvgIpc) is 2.38. The third-order valence-corrected chi connectivity index (χ3v) is 2.39. The van der Waals surface area contributed by atoms with Crippen molar-refractivity contribution in [2.45, 2.75) is 12.8 Å². The zero-order valence-corrected chi connectivity index (χ0v) is 10.7. The smallest absolute Gasteiger partial charge is 0.303 e. The van der Waals surface area contributed by atoms with Crippen molar-refractivity contribution in [3.05, 3.63) is 34.4 Å². The van der Waals surface area contributed by atoms with E-state index >= 15 is 0 Å². The Bertz CT molecular complexity index is 486. The van der Waals surface area contributed by atoms with Crippen LogP contribution in [0.15, 0.2) is 24.3 Å². The van der Waals surface area contributed by atoms with Crippen LogP contribution in [0.5, 0.6) is 0 Å². The van der Waals surface area contributed by atoms with Crippen molar-refractivity contribution in [1.29, 1.82) is 0 Å². The number of anilines is 1. The standard InChI is InChI=1S/C12H15N3O5/c16-11(8-13-7-1-2-12(17)18)14-9-3-5-10(6-4-9)15(19)20/h3-6,13H,1-2,7-8H2,(H,14,16)(H,17,18). The van der Waals surface area contributed by atoms with Crippen LogP contribution in [0.4, 0.5) is 11.4 Å². The summed E-state index contributed by atoms with van der Waals surface area (Å²) in [7, 11) is 0. The maximum absolute atomic E-state index is 11.5. The van der Waals surface area contributed by atoms with E-state index in [1.807, 2.05) is 0 Å². The largest absolute Gasteiger partial charge is 0.481 e. The van der Waals surface area contributed by atoms with Crippen molar-refractivity contribution in [3.8, 4) is 0 Å². The van der Waals surface area contributed by atoms with Crippen LogP contribution in [0.25, 0.3) is 0 Å². The molecule has 20 heavy (non-hydrogen) atoms. The number of benzene rings is 1. The molecule has 0 aliphatic rings. The predicted molar refractivity (Wildman–Crippen MR) is 71.5 cm³/mol. The van der Waals surface area contributed by atoms with E-state index in [-0.39, 0.29) is 24.6 Å². The van der Waals surface area contributed by atoms with Crippen LogP contribution >= 0.6 is 0 Å². The lowest BCUT2D eigenvalue weighted by Crippen LogP contribution is -2.29. The first kappa shape index (κ1) is 15.6. The van der Waals surface area contributed by atoms with Gasteiger partial charge in [-0.2, -0.15) is 0 Å². The Hall–Kier alpha value is -2.48. The van der Waals surface area contributed by atoms with Gasteiger partial charge in [0.25, 0.3) is 5.69 Å². The highest BCUT2D eigenvalue weighted by atomic mass is 16.6. The second kappa shape index (κ2) is 7.85. The van der Waals surface area contributed by atoms with E-state index in [4.69, 9.17) is 5.11 Å². The SMILES string of the molecule is O=C(O)CCCNCC(=O)Nc1ccc([N+](=O)[O-])cc1. The molecule has 1 amide bonds. The maximum Gasteiger partial charge on any atom is 0.303 e. The lowest BCUT2D eigenvalue weighted by molar-refractivity contribution is -0.384. The highest BCUT2D eigenvalue weighted by Gasteiger charge is 2.06. The molecule has 0 spiro atoms. The number of hydrogen-bond donors (Lipinski definition) is 3. The number of non-ortho nitro benzene ring substituents is 1. The van der Waals surface area contributed by atoms with Crippen molar-refractivity contribution >= 4 is 23.3 Å². The van der Waals surface area contributed by atoms with Gasteiger partial charge < -0.3 is 15.7 Å². The van der Waals surface area contributed by atoms with Crippen LogP contribution in [0.3, 0.4) is 0 Å². The number of nitrogens with zero attached hydrogens (tertiary/aromatic N) is 1. The van der Waals surface area contributed by atoms with Crippen molar-refractivity contribution in [2.75, 3.05) is 18.4 Å². The summed E-state index contributed by atoms with van der Waals surface area (Å²) in [5.74, 6) is -1.17. The summed E-state index contributed by atoms with van der Waals surface area (Å²) in [5, 5.41) is 24.2. The van der Waals surface area contributed by atoms with Gasteiger partial charge in [-0.25, -0.2) is 0 Å². The van der Waals surface area contributed by atoms with Crippen molar-refractivity contribution in [1.82, 2.24) is 5.32 Å². The van der Waals surface area contributed by atoms with Gasteiger partial charge in [0, 0.05) is 24.2 Å². The molecule has 1 aromatic rings. The summed E-state index contributed by atoms with van der Waals surface area (Å²) in [5.41, 5.74) is 0.419. The highest BCUT2D eigenvalue weighted by Crippen LogP contribution is 2.14. The van der Waals surface area contributed by atoms with Gasteiger partial charge >= 0.3 is 5.97 Å². The molecule has 0 fully saturated rings. The lowest BCUT2D eigenvalue weighted by Gasteiger charge is -2.06. The summed E-state index contributed by atoms with van der Waals surface area (Å²) >= 11 is 0. The molecule has 0 saturated heterocycles. The second-order valence-corrected chi connectivity index (χ2v) is 4.03. The maximum atomic E-state index is 11.5. The van der Waals surface area contributed by atoms with Crippen LogP contribution in [0, 0.1) is 10.1 Å². The molecule has 1 rings (SSSR count). The van der Waals surface area contributed by atoms with Crippen molar-refractivity contribution in [3.63, 3.8) is 0 Å². The third kappa shape index (κ3) is 5.91. The molecular formula is C12H15N3O5. The van der Waals surface area contributed by atoms with Gasteiger partial charge in [0.05, 0.1) is 11.5 Å². The third-order valence-electron chi connectivity index (χ3n) is 2.39. The van der Waals surface area contributed by atoms with Gasteiger partial charge in [-0.05, 0) is 25.1 Å². The predicted octanol–water partition coefficient (Wildman–Crippen LogP) is 0.988. The molecule has 3 N–H and O–H groups in total. The fourth-order valence-electron chi connectivity index (χ4n) is 1.44. The number of nitrogens with one attached hydrogen (secondary N) is 2. The number of nitro groups is 1. The molecule has 0 saturated carbocycles. The number of hydrogen-bond acceptors (Lipinski definition) is 5. The molecule has 0 atom stereocenters. The average molecular weight is 281 g/mol. The molecule has 0 aliphatic carbocycles. The van der Waals surface area contributed by atoms with Crippen molar-refractivity contribution < 1.29 is 19.6 Å². The van der Waals surface area contributed by atoms with Crippen LogP contribution in [-0.2, 0) is 9.59 Å². The first-order valence-electron chi connectivity index (χ1n) is 5.96. The highest BCUT2D eigenvalue weighted by molar-refractivity contribution is 5.92. The number of carbonyl (C=O) groups excluding carboxylic acids is 1. The Morgan fingerprint density at radius 2 is 1.90 bits per heavy atom. The Balaban J connectivity index is 2.28. The second-order valence-electron chi connectivity index (χ2n) is 4.03. The fourth-order valence-corrected chi connectivity index (χ4v) is 1.44. The molecule has 0 aromatic heterocycles. The zero-order chi connectivity index (χ0) is 15.0. The summed E-state index contributed by atoms with van der Waals surface area (Å²) in [6, 6.07) is 5.49. The van der Waals surface area contributed by atoms with E-state index in [1.165, 1.54) is 24.3 Å². The van der Waals surface area contributed by atoms with Gasteiger partial charge in [0.15, 0.2) is 0 Å². The van der Waals surface area contributed by atoms with Gasteiger partial charge in [-0.3, -0.25) is 19.7 Å². The van der Waals surface area contributed by atoms with Gasteiger partial charge in [0.1, 0.15) is 0 Å². The molecule has 108 valence electrons. The molecular weight excluding hydrogens is 266 g/mol. The molecule has 0 bridgehead atoms. The Morgan fingerprint density at radius 3 is 2.45 bits per heavy atom. The van der Waals surface area contributed by atoms with E-state index in [0.29, 0.717) is 18.7 Å². The number of nitro benzene ring substituents is 1. The summed E-state index contributed by atoms with van der Waals surface area (Å²) in [6.45, 7) is 0.483. The van der Waals surface area contributed by atoms with Crippen LogP contribution < -0.4 is 10.6 Å².